The summed E-state index contributed by atoms with van der Waals surface area (Å²) < 4.78 is 4.92. The number of allylic oxidation sites excluding steroid dienone is 1. The van der Waals surface area contributed by atoms with E-state index in [1.807, 2.05) is 0 Å². The van der Waals surface area contributed by atoms with Gasteiger partial charge in [-0.3, -0.25) is 10.1 Å². The van der Waals surface area contributed by atoms with Crippen LogP contribution in [0.3, 0.4) is 0 Å². The monoisotopic (exact) mass is 271 g/mol. The molecule has 0 atom stereocenters. The van der Waals surface area contributed by atoms with Crippen molar-refractivity contribution >= 4 is 23.6 Å². The molecule has 0 aliphatic carbocycles. The molecule has 0 saturated heterocycles. The Morgan fingerprint density at radius 3 is 2.78 bits per heavy atom. The third-order valence-corrected chi connectivity index (χ3v) is 2.31. The number of carbonyl (C=O) groups is 1. The second-order valence-corrected chi connectivity index (χ2v) is 3.82. The Labute approximate surface area is 108 Å². The van der Waals surface area contributed by atoms with Crippen molar-refractivity contribution in [3.05, 3.63) is 44.6 Å². The summed E-state index contributed by atoms with van der Waals surface area (Å²) in [5.41, 5.74) is 0.421. The Bertz CT molecular complexity index is 512. The van der Waals surface area contributed by atoms with Crippen molar-refractivity contribution in [1.82, 2.24) is 0 Å². The molecule has 0 radical (unpaired) electrons. The van der Waals surface area contributed by atoms with Crippen molar-refractivity contribution in [1.29, 1.82) is 0 Å². The number of hydrogen-bond acceptors (Lipinski definition) is 4. The molecular weight excluding hydrogens is 262 g/mol. The molecule has 0 spiro atoms. The van der Waals surface area contributed by atoms with Crippen LogP contribution in [0.25, 0.3) is 6.08 Å². The van der Waals surface area contributed by atoms with Crippen molar-refractivity contribution in [2.75, 3.05) is 6.61 Å². The van der Waals surface area contributed by atoms with Gasteiger partial charge in [0.25, 0.3) is 0 Å². The fourth-order valence-electron chi connectivity index (χ4n) is 1.14. The molecule has 0 amide bonds. The van der Waals surface area contributed by atoms with Gasteiger partial charge in [-0.1, -0.05) is 11.6 Å². The Balaban J connectivity index is 2.89. The molecule has 0 aliphatic rings. The van der Waals surface area contributed by atoms with E-state index in [0.29, 0.717) is 11.3 Å². The van der Waals surface area contributed by atoms with Crippen LogP contribution >= 0.6 is 11.6 Å². The van der Waals surface area contributed by atoms with Crippen LogP contribution in [0.5, 0.6) is 5.75 Å². The van der Waals surface area contributed by atoms with Gasteiger partial charge in [0.2, 0.25) is 5.70 Å². The highest BCUT2D eigenvalue weighted by molar-refractivity contribution is 6.32. The average molecular weight is 272 g/mol. The summed E-state index contributed by atoms with van der Waals surface area (Å²) in [6, 6.07) is 4.42. The summed E-state index contributed by atoms with van der Waals surface area (Å²) in [4.78, 5) is 20.2. The normalized spacial score (nSPS) is 11.1. The maximum Gasteiger partial charge on any atom is 0.341 e. The van der Waals surface area contributed by atoms with Gasteiger partial charge in [-0.15, -0.1) is 0 Å². The van der Waals surface area contributed by atoms with Crippen LogP contribution in [-0.4, -0.2) is 22.6 Å². The lowest BCUT2D eigenvalue weighted by molar-refractivity contribution is -0.422. The van der Waals surface area contributed by atoms with E-state index in [4.69, 9.17) is 21.4 Å². The molecule has 0 aromatic heterocycles. The molecule has 18 heavy (non-hydrogen) atoms. The summed E-state index contributed by atoms with van der Waals surface area (Å²) in [5, 5.41) is 19.1. The number of rotatable bonds is 5. The second-order valence-electron chi connectivity index (χ2n) is 3.41. The van der Waals surface area contributed by atoms with Crippen LogP contribution in [0, 0.1) is 10.1 Å². The van der Waals surface area contributed by atoms with Gasteiger partial charge in [0.05, 0.1) is 9.95 Å². The van der Waals surface area contributed by atoms with E-state index in [1.54, 1.807) is 0 Å². The summed E-state index contributed by atoms with van der Waals surface area (Å²) in [6.45, 7) is 0.880. The van der Waals surface area contributed by atoms with Crippen molar-refractivity contribution in [2.24, 2.45) is 0 Å². The molecule has 1 aromatic rings. The average Bonchev–Trinajstić information content (AvgIpc) is 2.29. The molecule has 1 aromatic carbocycles. The van der Waals surface area contributed by atoms with Gasteiger partial charge in [0.15, 0.2) is 6.61 Å². The molecule has 0 heterocycles. The van der Waals surface area contributed by atoms with Crippen molar-refractivity contribution in [3.63, 3.8) is 0 Å². The van der Waals surface area contributed by atoms with E-state index >= 15 is 0 Å². The topological polar surface area (TPSA) is 89.7 Å². The molecule has 96 valence electrons. The zero-order valence-corrected chi connectivity index (χ0v) is 10.2. The standard InChI is InChI=1S/C11H10ClNO5/c1-7(13(16)17)4-8-2-3-9(5-10(8)12)18-6-11(14)15/h2-5H,6H2,1H3,(H,14,15)/b7-4+. The highest BCUT2D eigenvalue weighted by atomic mass is 35.5. The third-order valence-electron chi connectivity index (χ3n) is 1.99. The largest absolute Gasteiger partial charge is 0.482 e. The van der Waals surface area contributed by atoms with Gasteiger partial charge in [-0.2, -0.15) is 0 Å². The molecule has 0 saturated carbocycles. The lowest BCUT2D eigenvalue weighted by Crippen LogP contribution is -2.09. The summed E-state index contributed by atoms with van der Waals surface area (Å²) >= 11 is 5.90. The molecule has 0 fully saturated rings. The first-order valence-corrected chi connectivity index (χ1v) is 5.25. The van der Waals surface area contributed by atoms with E-state index in [9.17, 15) is 14.9 Å². The highest BCUT2D eigenvalue weighted by Crippen LogP contribution is 2.24. The molecule has 0 bridgehead atoms. The second kappa shape index (κ2) is 6.02. The number of ether oxygens (including phenoxy) is 1. The molecule has 6 nitrogen and oxygen atoms in total. The molecule has 7 heteroatoms. The van der Waals surface area contributed by atoms with Gasteiger partial charge in [-0.25, -0.2) is 4.79 Å². The maximum atomic E-state index is 10.5. The number of nitrogens with zero attached hydrogens (tertiary/aromatic N) is 1. The van der Waals surface area contributed by atoms with Crippen LogP contribution in [0.15, 0.2) is 23.9 Å². The first-order valence-electron chi connectivity index (χ1n) is 4.87. The minimum Gasteiger partial charge on any atom is -0.482 e. The van der Waals surface area contributed by atoms with Crippen LogP contribution in [0.4, 0.5) is 0 Å². The smallest absolute Gasteiger partial charge is 0.341 e. The van der Waals surface area contributed by atoms with Crippen LogP contribution in [0.2, 0.25) is 5.02 Å². The zero-order valence-electron chi connectivity index (χ0n) is 9.42. The molecule has 0 aliphatic heterocycles. The third kappa shape index (κ3) is 4.06. The summed E-state index contributed by atoms with van der Waals surface area (Å²) in [5.74, 6) is -0.808. The van der Waals surface area contributed by atoms with Crippen molar-refractivity contribution in [3.8, 4) is 5.75 Å². The lowest BCUT2D eigenvalue weighted by Gasteiger charge is -2.05. The van der Waals surface area contributed by atoms with E-state index in [-0.39, 0.29) is 10.7 Å². The quantitative estimate of drug-likeness (QED) is 0.656. The number of carboxylic acids is 1. The first kappa shape index (κ1) is 14.0. The van der Waals surface area contributed by atoms with Gasteiger partial charge < -0.3 is 9.84 Å². The first-order chi connectivity index (χ1) is 8.40. The SMILES string of the molecule is C/C(=C\c1ccc(OCC(=O)O)cc1Cl)[N+](=O)[O-]. The highest BCUT2D eigenvalue weighted by Gasteiger charge is 2.07. The van der Waals surface area contributed by atoms with Gasteiger partial charge in [0, 0.05) is 13.0 Å². The number of aliphatic carboxylic acids is 1. The van der Waals surface area contributed by atoms with Gasteiger partial charge >= 0.3 is 5.97 Å². The minimum atomic E-state index is -1.10. The Kier molecular flexibility index (Phi) is 4.67. The molecule has 0 unspecified atom stereocenters. The predicted molar refractivity (Wildman–Crippen MR) is 65.2 cm³/mol. The Hall–Kier alpha value is -2.08. The van der Waals surface area contributed by atoms with Crippen LogP contribution in [-0.2, 0) is 4.79 Å². The van der Waals surface area contributed by atoms with E-state index < -0.39 is 17.5 Å². The summed E-state index contributed by atoms with van der Waals surface area (Å²) in [6.07, 6.45) is 1.32. The zero-order chi connectivity index (χ0) is 13.7. The maximum absolute atomic E-state index is 10.5. The van der Waals surface area contributed by atoms with Crippen molar-refractivity contribution < 1.29 is 19.6 Å². The van der Waals surface area contributed by atoms with E-state index in [2.05, 4.69) is 0 Å². The fraction of sp³-hybridized carbons (Fsp3) is 0.182. The number of hydrogen-bond donors (Lipinski definition) is 1. The van der Waals surface area contributed by atoms with Gasteiger partial charge in [-0.05, 0) is 23.8 Å². The predicted octanol–water partition coefficient (Wildman–Crippen LogP) is 2.44. The molecular formula is C11H10ClNO5. The number of benzene rings is 1. The van der Waals surface area contributed by atoms with E-state index in [1.165, 1.54) is 31.2 Å². The van der Waals surface area contributed by atoms with Crippen LogP contribution < -0.4 is 4.74 Å². The lowest BCUT2D eigenvalue weighted by atomic mass is 10.2. The number of halogens is 1. The molecule has 1 N–H and O–H groups in total. The van der Waals surface area contributed by atoms with E-state index in [0.717, 1.165) is 0 Å². The fourth-order valence-corrected chi connectivity index (χ4v) is 1.36. The van der Waals surface area contributed by atoms with Crippen molar-refractivity contribution in [2.45, 2.75) is 6.92 Å². The molecule has 1 rings (SSSR count). The Morgan fingerprint density at radius 1 is 1.61 bits per heavy atom. The summed E-state index contributed by atoms with van der Waals surface area (Å²) in [7, 11) is 0. The number of nitro groups is 1. The van der Waals surface area contributed by atoms with Crippen LogP contribution in [0.1, 0.15) is 12.5 Å². The number of carboxylic acid groups (broad SMARTS) is 1. The van der Waals surface area contributed by atoms with Gasteiger partial charge in [0.1, 0.15) is 5.75 Å². The Morgan fingerprint density at radius 2 is 2.28 bits per heavy atom. The minimum absolute atomic E-state index is 0.0453.